The van der Waals surface area contributed by atoms with Gasteiger partial charge in [-0.25, -0.2) is 9.97 Å². The van der Waals surface area contributed by atoms with E-state index in [-0.39, 0.29) is 17.3 Å². The highest BCUT2D eigenvalue weighted by molar-refractivity contribution is 5.76. The van der Waals surface area contributed by atoms with Crippen molar-refractivity contribution in [2.75, 3.05) is 43.6 Å². The van der Waals surface area contributed by atoms with Crippen molar-refractivity contribution in [3.05, 3.63) is 40.7 Å². The molecule has 1 fully saturated rings. The van der Waals surface area contributed by atoms with Crippen LogP contribution in [0.5, 0.6) is 5.75 Å². The maximum Gasteiger partial charge on any atom is 0.353 e. The number of benzene rings is 1. The van der Waals surface area contributed by atoms with E-state index in [0.717, 1.165) is 0 Å². The first-order chi connectivity index (χ1) is 11.7. The van der Waals surface area contributed by atoms with Gasteiger partial charge in [-0.05, 0) is 12.1 Å². The van der Waals surface area contributed by atoms with Gasteiger partial charge in [-0.15, -0.1) is 0 Å². The van der Waals surface area contributed by atoms with E-state index in [1.807, 2.05) is 11.0 Å². The zero-order chi connectivity index (χ0) is 16.9. The molecule has 9 heteroatoms. The molecule has 3 rings (SSSR count). The molecule has 1 aromatic heterocycles. The maximum atomic E-state index is 11.6. The van der Waals surface area contributed by atoms with Crippen LogP contribution in [0.2, 0.25) is 0 Å². The van der Waals surface area contributed by atoms with Crippen LogP contribution in [0, 0.1) is 10.1 Å². The Bertz CT molecular complexity index is 734. The number of methoxy groups -OCH3 is 1. The molecular weight excluding hydrogens is 314 g/mol. The molecule has 2 heterocycles. The lowest BCUT2D eigenvalue weighted by Gasteiger charge is -2.27. The molecule has 0 unspecified atom stereocenters. The summed E-state index contributed by atoms with van der Waals surface area (Å²) in [4.78, 5) is 21.2. The average Bonchev–Trinajstić information content (AvgIpc) is 2.62. The number of hydrogen-bond donors (Lipinski definition) is 1. The highest BCUT2D eigenvalue weighted by Gasteiger charge is 2.28. The first kappa shape index (κ1) is 15.9. The number of nitro groups is 1. The average molecular weight is 331 g/mol. The second-order valence-electron chi connectivity index (χ2n) is 5.08. The summed E-state index contributed by atoms with van der Waals surface area (Å²) < 4.78 is 10.6. The van der Waals surface area contributed by atoms with Gasteiger partial charge in [0.05, 0.1) is 30.9 Å². The quantitative estimate of drug-likeness (QED) is 0.655. The lowest BCUT2D eigenvalue weighted by Crippen LogP contribution is -2.37. The first-order valence-electron chi connectivity index (χ1n) is 7.43. The molecule has 126 valence electrons. The number of morpholine rings is 1. The number of anilines is 3. The second-order valence-corrected chi connectivity index (χ2v) is 5.08. The van der Waals surface area contributed by atoms with Crippen LogP contribution in [-0.4, -0.2) is 48.3 Å². The Balaban J connectivity index is 1.99. The molecule has 1 saturated heterocycles. The second kappa shape index (κ2) is 7.09. The van der Waals surface area contributed by atoms with Gasteiger partial charge in [0, 0.05) is 13.1 Å². The van der Waals surface area contributed by atoms with Crippen LogP contribution in [0.25, 0.3) is 0 Å². The van der Waals surface area contributed by atoms with Gasteiger partial charge in [-0.1, -0.05) is 12.1 Å². The van der Waals surface area contributed by atoms with Crippen molar-refractivity contribution in [1.82, 2.24) is 9.97 Å². The largest absolute Gasteiger partial charge is 0.495 e. The summed E-state index contributed by atoms with van der Waals surface area (Å²) in [5.74, 6) is 0.982. The summed E-state index contributed by atoms with van der Waals surface area (Å²) in [5.41, 5.74) is 0.431. The van der Waals surface area contributed by atoms with Gasteiger partial charge >= 0.3 is 5.69 Å². The standard InChI is InChI=1S/C15H17N5O4/c1-23-12-5-3-2-4-11(12)18-14-13(20(21)22)15(17-10-16-14)19-6-8-24-9-7-19/h2-5,10H,6-9H2,1H3,(H,16,17,18). The first-order valence-corrected chi connectivity index (χ1v) is 7.43. The van der Waals surface area contributed by atoms with Crippen LogP contribution < -0.4 is 15.0 Å². The van der Waals surface area contributed by atoms with E-state index in [9.17, 15) is 10.1 Å². The van der Waals surface area contributed by atoms with Gasteiger partial charge in [-0.3, -0.25) is 10.1 Å². The topological polar surface area (TPSA) is 103 Å². The number of aromatic nitrogens is 2. The van der Waals surface area contributed by atoms with Crippen molar-refractivity contribution in [3.8, 4) is 5.75 Å². The number of ether oxygens (including phenoxy) is 2. The molecule has 24 heavy (non-hydrogen) atoms. The molecule has 0 amide bonds. The molecular formula is C15H17N5O4. The fraction of sp³-hybridized carbons (Fsp3) is 0.333. The van der Waals surface area contributed by atoms with E-state index in [2.05, 4.69) is 15.3 Å². The van der Waals surface area contributed by atoms with Crippen LogP contribution in [0.3, 0.4) is 0 Å². The SMILES string of the molecule is COc1ccccc1Nc1ncnc(N2CCOCC2)c1[N+](=O)[O-]. The van der Waals surface area contributed by atoms with Crippen LogP contribution >= 0.6 is 0 Å². The molecule has 0 atom stereocenters. The number of hydrogen-bond acceptors (Lipinski definition) is 8. The summed E-state index contributed by atoms with van der Waals surface area (Å²) in [6.45, 7) is 2.12. The summed E-state index contributed by atoms with van der Waals surface area (Å²) in [5, 5.41) is 14.6. The minimum atomic E-state index is -0.470. The normalized spacial score (nSPS) is 14.3. The van der Waals surface area contributed by atoms with E-state index in [1.54, 1.807) is 18.2 Å². The molecule has 1 aliphatic rings. The Hall–Kier alpha value is -2.94. The lowest BCUT2D eigenvalue weighted by molar-refractivity contribution is -0.383. The van der Waals surface area contributed by atoms with Gasteiger partial charge in [0.15, 0.2) is 0 Å². The minimum Gasteiger partial charge on any atom is -0.495 e. The Labute approximate surface area is 138 Å². The highest BCUT2D eigenvalue weighted by Crippen LogP contribution is 2.35. The van der Waals surface area contributed by atoms with Crippen molar-refractivity contribution in [1.29, 1.82) is 0 Å². The van der Waals surface area contributed by atoms with Gasteiger partial charge in [0.25, 0.3) is 0 Å². The summed E-state index contributed by atoms with van der Waals surface area (Å²) in [6.07, 6.45) is 1.32. The third kappa shape index (κ3) is 3.20. The summed E-state index contributed by atoms with van der Waals surface area (Å²) in [6, 6.07) is 7.15. The van der Waals surface area contributed by atoms with E-state index in [4.69, 9.17) is 9.47 Å². The fourth-order valence-electron chi connectivity index (χ4n) is 2.51. The smallest absolute Gasteiger partial charge is 0.353 e. The molecule has 0 radical (unpaired) electrons. The van der Waals surface area contributed by atoms with Crippen molar-refractivity contribution in [2.45, 2.75) is 0 Å². The van der Waals surface area contributed by atoms with Gasteiger partial charge in [0.2, 0.25) is 11.6 Å². The van der Waals surface area contributed by atoms with E-state index in [0.29, 0.717) is 37.7 Å². The van der Waals surface area contributed by atoms with Crippen molar-refractivity contribution >= 4 is 23.0 Å². The predicted molar refractivity (Wildman–Crippen MR) is 88.0 cm³/mol. The number of nitrogens with zero attached hydrogens (tertiary/aromatic N) is 4. The summed E-state index contributed by atoms with van der Waals surface area (Å²) in [7, 11) is 1.54. The van der Waals surface area contributed by atoms with E-state index in [1.165, 1.54) is 13.4 Å². The zero-order valence-electron chi connectivity index (χ0n) is 13.1. The third-order valence-corrected chi connectivity index (χ3v) is 3.66. The molecule has 0 bridgehead atoms. The Morgan fingerprint density at radius 2 is 2.04 bits per heavy atom. The molecule has 2 aromatic rings. The van der Waals surface area contributed by atoms with E-state index < -0.39 is 4.92 Å². The maximum absolute atomic E-state index is 11.6. The summed E-state index contributed by atoms with van der Waals surface area (Å²) >= 11 is 0. The molecule has 1 aromatic carbocycles. The number of nitrogens with one attached hydrogen (secondary N) is 1. The van der Waals surface area contributed by atoms with Crippen LogP contribution in [0.4, 0.5) is 23.0 Å². The molecule has 9 nitrogen and oxygen atoms in total. The van der Waals surface area contributed by atoms with Gasteiger partial charge < -0.3 is 19.7 Å². The number of para-hydroxylation sites is 2. The number of rotatable bonds is 5. The molecule has 1 N–H and O–H groups in total. The Morgan fingerprint density at radius 3 is 2.75 bits per heavy atom. The Morgan fingerprint density at radius 1 is 1.29 bits per heavy atom. The molecule has 0 saturated carbocycles. The predicted octanol–water partition coefficient (Wildman–Crippen LogP) is 1.97. The lowest BCUT2D eigenvalue weighted by atomic mass is 10.3. The van der Waals surface area contributed by atoms with Gasteiger partial charge in [0.1, 0.15) is 12.1 Å². The fourth-order valence-corrected chi connectivity index (χ4v) is 2.51. The minimum absolute atomic E-state index is 0.126. The Kier molecular flexibility index (Phi) is 4.71. The van der Waals surface area contributed by atoms with Gasteiger partial charge in [-0.2, -0.15) is 0 Å². The monoisotopic (exact) mass is 331 g/mol. The van der Waals surface area contributed by atoms with Crippen molar-refractivity contribution in [2.24, 2.45) is 0 Å². The molecule has 0 aliphatic carbocycles. The molecule has 0 spiro atoms. The van der Waals surface area contributed by atoms with E-state index >= 15 is 0 Å². The van der Waals surface area contributed by atoms with Crippen molar-refractivity contribution in [3.63, 3.8) is 0 Å². The third-order valence-electron chi connectivity index (χ3n) is 3.66. The van der Waals surface area contributed by atoms with Crippen molar-refractivity contribution < 1.29 is 14.4 Å². The molecule has 1 aliphatic heterocycles. The van der Waals surface area contributed by atoms with Crippen LogP contribution in [0.1, 0.15) is 0 Å². The zero-order valence-corrected chi connectivity index (χ0v) is 13.1. The highest BCUT2D eigenvalue weighted by atomic mass is 16.6. The van der Waals surface area contributed by atoms with Crippen LogP contribution in [0.15, 0.2) is 30.6 Å². The van der Waals surface area contributed by atoms with Crippen LogP contribution in [-0.2, 0) is 4.74 Å².